The van der Waals surface area contributed by atoms with Crippen LogP contribution in [0.4, 0.5) is 9.18 Å². The molecule has 0 aliphatic carbocycles. The number of fused-ring (bicyclic) bond motifs is 1. The van der Waals surface area contributed by atoms with Crippen LogP contribution in [0.2, 0.25) is 0 Å². The van der Waals surface area contributed by atoms with Crippen LogP contribution in [0, 0.1) is 12.7 Å². The van der Waals surface area contributed by atoms with Gasteiger partial charge in [-0.05, 0) is 57.6 Å². The zero-order valence-electron chi connectivity index (χ0n) is 16.6. The molecule has 0 bridgehead atoms. The third-order valence-corrected chi connectivity index (χ3v) is 6.73. The van der Waals surface area contributed by atoms with Crippen molar-refractivity contribution >= 4 is 29.2 Å². The molecule has 4 amide bonds. The van der Waals surface area contributed by atoms with E-state index in [2.05, 4.69) is 21.4 Å². The van der Waals surface area contributed by atoms with Gasteiger partial charge in [0.1, 0.15) is 5.82 Å². The third kappa shape index (κ3) is 3.11. The van der Waals surface area contributed by atoms with E-state index in [4.69, 9.17) is 0 Å². The number of amides is 4. The zero-order valence-corrected chi connectivity index (χ0v) is 17.4. The molecule has 156 valence electrons. The Balaban J connectivity index is 1.50. The van der Waals surface area contributed by atoms with Crippen molar-refractivity contribution in [3.8, 4) is 11.1 Å². The first-order valence-corrected chi connectivity index (χ1v) is 10.7. The van der Waals surface area contributed by atoms with Gasteiger partial charge < -0.3 is 10.2 Å². The van der Waals surface area contributed by atoms with E-state index < -0.39 is 23.3 Å². The molecule has 0 unspecified atom stereocenters. The van der Waals surface area contributed by atoms with Crippen molar-refractivity contribution < 1.29 is 18.8 Å². The van der Waals surface area contributed by atoms with Crippen molar-refractivity contribution in [3.63, 3.8) is 0 Å². The quantitative estimate of drug-likeness (QED) is 0.615. The number of thiophene rings is 1. The predicted molar refractivity (Wildman–Crippen MR) is 114 cm³/mol. The van der Waals surface area contributed by atoms with Gasteiger partial charge in [-0.25, -0.2) is 9.18 Å². The van der Waals surface area contributed by atoms with Crippen LogP contribution in [-0.2, 0) is 16.9 Å². The van der Waals surface area contributed by atoms with Gasteiger partial charge in [-0.2, -0.15) is 11.3 Å². The van der Waals surface area contributed by atoms with Crippen LogP contribution < -0.4 is 10.6 Å². The lowest BCUT2D eigenvalue weighted by atomic mass is 9.88. The van der Waals surface area contributed by atoms with E-state index in [1.807, 2.05) is 19.1 Å². The second-order valence-corrected chi connectivity index (χ2v) is 8.57. The number of urea groups is 1. The van der Waals surface area contributed by atoms with Gasteiger partial charge in [0.25, 0.3) is 11.8 Å². The fourth-order valence-corrected chi connectivity index (χ4v) is 5.09. The number of halogens is 1. The van der Waals surface area contributed by atoms with E-state index in [9.17, 15) is 18.8 Å². The predicted octanol–water partition coefficient (Wildman–Crippen LogP) is 3.55. The van der Waals surface area contributed by atoms with Crippen molar-refractivity contribution in [2.45, 2.75) is 19.0 Å². The Labute approximate surface area is 181 Å². The lowest BCUT2D eigenvalue weighted by Gasteiger charge is -2.31. The number of aryl methyl sites for hydroxylation is 1. The number of imide groups is 1. The number of carbonyl (C=O) groups is 3. The Morgan fingerprint density at radius 1 is 1.06 bits per heavy atom. The van der Waals surface area contributed by atoms with Crippen LogP contribution >= 0.6 is 11.3 Å². The molecule has 2 N–H and O–H groups in total. The maximum atomic E-state index is 13.6. The fraction of sp³-hybridized carbons (Fsp3) is 0.174. The molecule has 8 heteroatoms. The summed E-state index contributed by atoms with van der Waals surface area (Å²) >= 11 is 1.62. The van der Waals surface area contributed by atoms with Crippen LogP contribution in [0.1, 0.15) is 27.0 Å². The Morgan fingerprint density at radius 2 is 1.84 bits per heavy atom. The van der Waals surface area contributed by atoms with Gasteiger partial charge in [0.05, 0.1) is 6.54 Å². The molecule has 2 aliphatic heterocycles. The molecule has 2 aromatic carbocycles. The van der Waals surface area contributed by atoms with E-state index in [0.717, 1.165) is 16.7 Å². The molecule has 1 aromatic heterocycles. The summed E-state index contributed by atoms with van der Waals surface area (Å²) in [6.45, 7) is 2.22. The summed E-state index contributed by atoms with van der Waals surface area (Å²) in [7, 11) is 0. The summed E-state index contributed by atoms with van der Waals surface area (Å²) in [6, 6.07) is 10.9. The molecule has 1 atom stereocenters. The van der Waals surface area contributed by atoms with Gasteiger partial charge in [0.2, 0.25) is 0 Å². The number of hydrogen-bond acceptors (Lipinski definition) is 4. The highest BCUT2D eigenvalue weighted by Crippen LogP contribution is 2.33. The molecule has 1 saturated heterocycles. The first-order valence-electron chi connectivity index (χ1n) is 9.72. The maximum Gasteiger partial charge on any atom is 0.322 e. The van der Waals surface area contributed by atoms with E-state index in [1.165, 1.54) is 17.0 Å². The third-order valence-electron chi connectivity index (χ3n) is 5.86. The summed E-state index contributed by atoms with van der Waals surface area (Å²) in [4.78, 5) is 39.3. The van der Waals surface area contributed by atoms with Gasteiger partial charge in [0.15, 0.2) is 5.54 Å². The average Bonchev–Trinajstić information content (AvgIpc) is 3.39. The first-order chi connectivity index (χ1) is 14.9. The standard InChI is InChI=1S/C23H18FN3O3S/c1-13-10-31-11-19(13)14-2-5-16(6-3-14)23(21(29)25-22(30)26-23)12-27-9-15-4-7-17(24)8-18(15)20(27)28/h2-8,10-11H,9,12H2,1H3,(H2,25,26,29,30)/t23-/m0/s1. The van der Waals surface area contributed by atoms with Crippen LogP contribution in [0.15, 0.2) is 53.2 Å². The number of rotatable bonds is 4. The molecule has 5 rings (SSSR count). The highest BCUT2D eigenvalue weighted by molar-refractivity contribution is 7.08. The molecular weight excluding hydrogens is 417 g/mol. The second-order valence-electron chi connectivity index (χ2n) is 7.82. The summed E-state index contributed by atoms with van der Waals surface area (Å²) < 4.78 is 13.6. The lowest BCUT2D eigenvalue weighted by molar-refractivity contribution is -0.124. The number of benzene rings is 2. The molecule has 1 fully saturated rings. The number of nitrogens with zero attached hydrogens (tertiary/aromatic N) is 1. The molecule has 0 saturated carbocycles. The van der Waals surface area contributed by atoms with Gasteiger partial charge in [-0.3, -0.25) is 14.9 Å². The Bertz CT molecular complexity index is 1240. The van der Waals surface area contributed by atoms with E-state index in [1.54, 1.807) is 29.5 Å². The van der Waals surface area contributed by atoms with Crippen LogP contribution in [0.3, 0.4) is 0 Å². The summed E-state index contributed by atoms with van der Waals surface area (Å²) in [5, 5.41) is 9.13. The Morgan fingerprint density at radius 3 is 2.48 bits per heavy atom. The average molecular weight is 435 g/mol. The van der Waals surface area contributed by atoms with Crippen LogP contribution in [0.25, 0.3) is 11.1 Å². The Kier molecular flexibility index (Phi) is 4.40. The smallest absolute Gasteiger partial charge is 0.322 e. The molecule has 0 spiro atoms. The Hall–Kier alpha value is -3.52. The zero-order chi connectivity index (χ0) is 21.8. The molecule has 0 radical (unpaired) electrons. The van der Waals surface area contributed by atoms with E-state index in [-0.39, 0.29) is 24.6 Å². The van der Waals surface area contributed by atoms with Crippen molar-refractivity contribution in [2.75, 3.05) is 6.54 Å². The van der Waals surface area contributed by atoms with Gasteiger partial charge in [0, 0.05) is 12.1 Å². The van der Waals surface area contributed by atoms with Crippen molar-refractivity contribution in [1.29, 1.82) is 0 Å². The lowest BCUT2D eigenvalue weighted by Crippen LogP contribution is -2.52. The fourth-order valence-electron chi connectivity index (χ4n) is 4.24. The van der Waals surface area contributed by atoms with E-state index >= 15 is 0 Å². The van der Waals surface area contributed by atoms with Crippen LogP contribution in [0.5, 0.6) is 0 Å². The van der Waals surface area contributed by atoms with E-state index in [0.29, 0.717) is 11.1 Å². The second kappa shape index (κ2) is 7.02. The van der Waals surface area contributed by atoms with Gasteiger partial charge >= 0.3 is 6.03 Å². The summed E-state index contributed by atoms with van der Waals surface area (Å²) in [5.74, 6) is -1.38. The molecule has 2 aliphatic rings. The highest BCUT2D eigenvalue weighted by atomic mass is 32.1. The monoisotopic (exact) mass is 435 g/mol. The topological polar surface area (TPSA) is 78.5 Å². The number of nitrogens with one attached hydrogen (secondary N) is 2. The number of carbonyl (C=O) groups excluding carboxylic acids is 3. The SMILES string of the molecule is Cc1cscc1-c1ccc([C@]2(CN3Cc4ccc(F)cc4C3=O)NC(=O)NC2=O)cc1. The van der Waals surface area contributed by atoms with Crippen molar-refractivity contribution in [1.82, 2.24) is 15.5 Å². The molecule has 6 nitrogen and oxygen atoms in total. The number of hydrogen-bond donors (Lipinski definition) is 2. The highest BCUT2D eigenvalue weighted by Gasteiger charge is 2.50. The van der Waals surface area contributed by atoms with Crippen molar-refractivity contribution in [2.24, 2.45) is 0 Å². The first kappa shape index (κ1) is 19.4. The normalized spacial score (nSPS) is 20.1. The maximum absolute atomic E-state index is 13.6. The van der Waals surface area contributed by atoms with Gasteiger partial charge in [-0.1, -0.05) is 30.3 Å². The minimum absolute atomic E-state index is 0.0590. The molecular formula is C23H18FN3O3S. The summed E-state index contributed by atoms with van der Waals surface area (Å²) in [5.41, 5.74) is 3.39. The molecule has 31 heavy (non-hydrogen) atoms. The van der Waals surface area contributed by atoms with Crippen molar-refractivity contribution in [3.05, 3.63) is 81.3 Å². The summed E-state index contributed by atoms with van der Waals surface area (Å²) in [6.07, 6.45) is 0. The molecule has 3 aromatic rings. The molecule has 3 heterocycles. The largest absolute Gasteiger partial charge is 0.331 e. The minimum Gasteiger partial charge on any atom is -0.331 e. The minimum atomic E-state index is -1.42. The van der Waals surface area contributed by atoms with Crippen LogP contribution in [-0.4, -0.2) is 29.3 Å². The van der Waals surface area contributed by atoms with Gasteiger partial charge in [-0.15, -0.1) is 0 Å².